The molecule has 0 aromatic heterocycles. The van der Waals surface area contributed by atoms with Crippen molar-refractivity contribution in [3.05, 3.63) is 124 Å². The molecule has 7 nitrogen and oxygen atoms in total. The van der Waals surface area contributed by atoms with Gasteiger partial charge in [0.15, 0.2) is 5.78 Å². The van der Waals surface area contributed by atoms with Crippen LogP contribution in [0.4, 0.5) is 23.2 Å². The standard InChI is InChI=1S/C32H26F4N2O5/c1-42-30(40)25-21(17-9-4-3-5-10-17)16-23-26(28(25)39)24(20-13-6-7-14-22(20)33)27(31(41)43-2)29(37)38(23)19-12-8-11-18(15-19)32(34,35)36/h3-15,21,24-25H,16,37H2,1-2H3/t21-,24+,25+/m1/s1. The number of Topliss-reactive ketones (excluding diaryl/α,β-unsaturated/α-hetero) is 1. The second kappa shape index (κ2) is 11.4. The van der Waals surface area contributed by atoms with E-state index in [9.17, 15) is 27.6 Å². The minimum absolute atomic E-state index is 0.0821. The van der Waals surface area contributed by atoms with E-state index in [1.54, 1.807) is 30.3 Å². The molecule has 0 radical (unpaired) electrons. The van der Waals surface area contributed by atoms with Crippen molar-refractivity contribution in [1.29, 1.82) is 0 Å². The maximum absolute atomic E-state index is 15.4. The van der Waals surface area contributed by atoms with E-state index in [0.717, 1.165) is 32.4 Å². The van der Waals surface area contributed by atoms with Crippen LogP contribution in [0.3, 0.4) is 0 Å². The van der Waals surface area contributed by atoms with Gasteiger partial charge >= 0.3 is 18.1 Å². The van der Waals surface area contributed by atoms with E-state index in [1.807, 2.05) is 0 Å². The molecule has 0 fully saturated rings. The van der Waals surface area contributed by atoms with Gasteiger partial charge in [0.2, 0.25) is 0 Å². The molecule has 0 saturated carbocycles. The first-order valence-electron chi connectivity index (χ1n) is 13.2. The molecule has 5 rings (SSSR count). The van der Waals surface area contributed by atoms with E-state index in [4.69, 9.17) is 15.2 Å². The summed E-state index contributed by atoms with van der Waals surface area (Å²) in [5, 5.41) is 0. The summed E-state index contributed by atoms with van der Waals surface area (Å²) in [5.41, 5.74) is 5.58. The first-order valence-corrected chi connectivity index (χ1v) is 13.2. The highest BCUT2D eigenvalue weighted by atomic mass is 19.4. The normalized spacial score (nSPS) is 20.6. The Kier molecular flexibility index (Phi) is 7.83. The molecule has 11 heteroatoms. The third-order valence-corrected chi connectivity index (χ3v) is 7.77. The number of methoxy groups -OCH3 is 2. The fourth-order valence-electron chi connectivity index (χ4n) is 5.88. The van der Waals surface area contributed by atoms with Gasteiger partial charge in [0.1, 0.15) is 17.6 Å². The molecule has 222 valence electrons. The van der Waals surface area contributed by atoms with Gasteiger partial charge in [-0.2, -0.15) is 13.2 Å². The summed E-state index contributed by atoms with van der Waals surface area (Å²) in [5.74, 6) is -7.41. The Balaban J connectivity index is 1.86. The molecule has 2 N–H and O–H groups in total. The number of anilines is 1. The topological polar surface area (TPSA) is 98.9 Å². The number of alkyl halides is 3. The van der Waals surface area contributed by atoms with Gasteiger partial charge in [-0.15, -0.1) is 0 Å². The quantitative estimate of drug-likeness (QED) is 0.234. The van der Waals surface area contributed by atoms with E-state index < -0.39 is 53.0 Å². The summed E-state index contributed by atoms with van der Waals surface area (Å²) < 4.78 is 66.8. The highest BCUT2D eigenvalue weighted by Crippen LogP contribution is 2.52. The molecule has 0 bridgehead atoms. The zero-order valence-corrected chi connectivity index (χ0v) is 23.0. The summed E-state index contributed by atoms with van der Waals surface area (Å²) in [4.78, 5) is 42.2. The largest absolute Gasteiger partial charge is 0.468 e. The molecule has 0 saturated heterocycles. The van der Waals surface area contributed by atoms with E-state index >= 15 is 4.39 Å². The maximum Gasteiger partial charge on any atom is 0.416 e. The number of hydrogen-bond donors (Lipinski definition) is 1. The monoisotopic (exact) mass is 594 g/mol. The van der Waals surface area contributed by atoms with Crippen molar-refractivity contribution in [3.63, 3.8) is 0 Å². The number of carbonyl (C=O) groups excluding carboxylic acids is 3. The third-order valence-electron chi connectivity index (χ3n) is 7.77. The lowest BCUT2D eigenvalue weighted by Gasteiger charge is -2.44. The molecular weight excluding hydrogens is 568 g/mol. The van der Waals surface area contributed by atoms with Gasteiger partial charge in [-0.05, 0) is 36.2 Å². The van der Waals surface area contributed by atoms with Crippen molar-refractivity contribution < 1.29 is 41.4 Å². The minimum Gasteiger partial charge on any atom is -0.468 e. The van der Waals surface area contributed by atoms with Crippen LogP contribution in [0, 0.1) is 11.7 Å². The van der Waals surface area contributed by atoms with E-state index in [1.165, 1.54) is 35.2 Å². The molecule has 0 amide bonds. The number of hydrogen-bond acceptors (Lipinski definition) is 7. The maximum atomic E-state index is 15.4. The average Bonchev–Trinajstić information content (AvgIpc) is 3.00. The zero-order chi connectivity index (χ0) is 31.1. The molecule has 1 heterocycles. The van der Waals surface area contributed by atoms with Gasteiger partial charge in [0.25, 0.3) is 0 Å². The summed E-state index contributed by atoms with van der Waals surface area (Å²) >= 11 is 0. The van der Waals surface area contributed by atoms with Gasteiger partial charge < -0.3 is 15.2 Å². The number of ether oxygens (including phenoxy) is 2. The number of esters is 2. The summed E-state index contributed by atoms with van der Waals surface area (Å²) in [6, 6.07) is 18.3. The van der Waals surface area contributed by atoms with Gasteiger partial charge in [0, 0.05) is 28.4 Å². The molecule has 43 heavy (non-hydrogen) atoms. The van der Waals surface area contributed by atoms with Crippen molar-refractivity contribution in [1.82, 2.24) is 0 Å². The molecule has 0 unspecified atom stereocenters. The van der Waals surface area contributed by atoms with E-state index in [-0.39, 0.29) is 40.3 Å². The van der Waals surface area contributed by atoms with Gasteiger partial charge in [0.05, 0.1) is 31.3 Å². The predicted octanol–water partition coefficient (Wildman–Crippen LogP) is 5.59. The molecule has 2 aliphatic rings. The Morgan fingerprint density at radius 1 is 0.930 bits per heavy atom. The minimum atomic E-state index is -4.71. The molecule has 0 spiro atoms. The van der Waals surface area contributed by atoms with Gasteiger partial charge in [-0.3, -0.25) is 14.5 Å². The van der Waals surface area contributed by atoms with E-state index in [2.05, 4.69) is 0 Å². The predicted molar refractivity (Wildman–Crippen MR) is 148 cm³/mol. The smallest absolute Gasteiger partial charge is 0.416 e. The second-order valence-electron chi connectivity index (χ2n) is 10.1. The van der Waals surface area contributed by atoms with Crippen LogP contribution in [0.15, 0.2) is 102 Å². The SMILES string of the molecule is COC(=O)C1=C(N)N(c2cccc(C(F)(F)F)c2)C2=C(C(=O)[C@@H](C(=O)OC)[C@@H](c3ccccc3)C2)[C@@H]1c1ccccc1F. The number of benzene rings is 3. The van der Waals surface area contributed by atoms with Gasteiger partial charge in [-0.1, -0.05) is 54.6 Å². The van der Waals surface area contributed by atoms with Crippen molar-refractivity contribution in [2.75, 3.05) is 19.1 Å². The summed E-state index contributed by atoms with van der Waals surface area (Å²) in [6.07, 6.45) is -4.80. The third kappa shape index (κ3) is 5.15. The average molecular weight is 595 g/mol. The van der Waals surface area contributed by atoms with Crippen LogP contribution < -0.4 is 10.6 Å². The Bertz CT molecular complexity index is 1670. The van der Waals surface area contributed by atoms with Crippen LogP contribution in [0.5, 0.6) is 0 Å². The summed E-state index contributed by atoms with van der Waals surface area (Å²) in [6.45, 7) is 0. The van der Waals surface area contributed by atoms with Crippen LogP contribution >= 0.6 is 0 Å². The van der Waals surface area contributed by atoms with Crippen LogP contribution in [-0.2, 0) is 30.0 Å². The molecular formula is C32H26F4N2O5. The van der Waals surface area contributed by atoms with E-state index in [0.29, 0.717) is 5.56 Å². The van der Waals surface area contributed by atoms with Crippen LogP contribution in [0.2, 0.25) is 0 Å². The molecule has 3 atom stereocenters. The van der Waals surface area contributed by atoms with Crippen LogP contribution in [0.25, 0.3) is 0 Å². The number of nitrogens with two attached hydrogens (primary N) is 1. The Labute approximate surface area is 244 Å². The fraction of sp³-hybridized carbons (Fsp3) is 0.219. The van der Waals surface area contributed by atoms with Crippen molar-refractivity contribution in [2.45, 2.75) is 24.4 Å². The Morgan fingerprint density at radius 3 is 2.23 bits per heavy atom. The van der Waals surface area contributed by atoms with Crippen molar-refractivity contribution in [2.24, 2.45) is 11.7 Å². The first-order chi connectivity index (χ1) is 20.5. The number of halogens is 4. The lowest BCUT2D eigenvalue weighted by molar-refractivity contribution is -0.150. The Morgan fingerprint density at radius 2 is 1.60 bits per heavy atom. The highest BCUT2D eigenvalue weighted by Gasteiger charge is 2.51. The fourth-order valence-corrected chi connectivity index (χ4v) is 5.88. The molecule has 3 aromatic carbocycles. The van der Waals surface area contributed by atoms with Crippen molar-refractivity contribution in [3.8, 4) is 0 Å². The molecule has 3 aromatic rings. The highest BCUT2D eigenvalue weighted by molar-refractivity contribution is 6.14. The Hall–Kier alpha value is -4.93. The van der Waals surface area contributed by atoms with Gasteiger partial charge in [-0.25, -0.2) is 9.18 Å². The number of carbonyl (C=O) groups is 3. The number of rotatable bonds is 5. The van der Waals surface area contributed by atoms with Crippen LogP contribution in [0.1, 0.15) is 34.9 Å². The second-order valence-corrected chi connectivity index (χ2v) is 10.1. The van der Waals surface area contributed by atoms with Crippen LogP contribution in [-0.4, -0.2) is 31.9 Å². The molecule has 1 aliphatic carbocycles. The number of ketones is 1. The lowest BCUT2D eigenvalue weighted by atomic mass is 9.67. The summed E-state index contributed by atoms with van der Waals surface area (Å²) in [7, 11) is 2.19. The lowest BCUT2D eigenvalue weighted by Crippen LogP contribution is -2.46. The number of nitrogens with zero attached hydrogens (tertiary/aromatic N) is 1. The zero-order valence-electron chi connectivity index (χ0n) is 23.0. The molecule has 1 aliphatic heterocycles. The number of allylic oxidation sites excluding steroid dienone is 2. The first kappa shape index (κ1) is 29.6. The van der Waals surface area contributed by atoms with Crippen molar-refractivity contribution >= 4 is 23.4 Å².